The average molecular weight is 339 g/mol. The van der Waals surface area contributed by atoms with E-state index in [2.05, 4.69) is 5.10 Å². The van der Waals surface area contributed by atoms with Gasteiger partial charge in [-0.1, -0.05) is 12.8 Å². The van der Waals surface area contributed by atoms with E-state index in [-0.39, 0.29) is 5.56 Å². The quantitative estimate of drug-likeness (QED) is 0.791. The van der Waals surface area contributed by atoms with Crippen molar-refractivity contribution in [2.24, 2.45) is 0 Å². The summed E-state index contributed by atoms with van der Waals surface area (Å²) in [5.41, 5.74) is 3.12. The first-order valence-electron chi connectivity index (χ1n) is 8.54. The van der Waals surface area contributed by atoms with Crippen molar-refractivity contribution < 1.29 is 9.47 Å². The molecule has 1 saturated carbocycles. The summed E-state index contributed by atoms with van der Waals surface area (Å²) in [4.78, 5) is 17.2. The summed E-state index contributed by atoms with van der Waals surface area (Å²) in [6.45, 7) is 0. The van der Waals surface area contributed by atoms with Gasteiger partial charge in [0.25, 0.3) is 5.56 Å². The van der Waals surface area contributed by atoms with Crippen LogP contribution < -0.4 is 15.0 Å². The molecule has 25 heavy (non-hydrogen) atoms. The Hall–Kier alpha value is -2.76. The Bertz CT molecular complexity index is 968. The molecule has 1 N–H and O–H groups in total. The van der Waals surface area contributed by atoms with E-state index in [9.17, 15) is 4.79 Å². The number of nitrogens with zero attached hydrogens (tertiary/aromatic N) is 2. The van der Waals surface area contributed by atoms with Crippen LogP contribution in [0.5, 0.6) is 11.5 Å². The SMILES string of the molecule is COc1ccc(-c2cc3nc(C4CCCC4)cc(=O)n3[nH]2)c(OC)c1. The topological polar surface area (TPSA) is 68.6 Å². The van der Waals surface area contributed by atoms with Gasteiger partial charge in [0.2, 0.25) is 0 Å². The number of hydrogen-bond donors (Lipinski definition) is 1. The number of nitrogens with one attached hydrogen (secondary N) is 1. The smallest absolute Gasteiger partial charge is 0.272 e. The van der Waals surface area contributed by atoms with Gasteiger partial charge in [-0.05, 0) is 25.0 Å². The fourth-order valence-corrected chi connectivity index (χ4v) is 3.60. The van der Waals surface area contributed by atoms with Gasteiger partial charge >= 0.3 is 0 Å². The molecule has 1 aromatic carbocycles. The van der Waals surface area contributed by atoms with Crippen molar-refractivity contribution in [1.29, 1.82) is 0 Å². The fourth-order valence-electron chi connectivity index (χ4n) is 3.60. The minimum Gasteiger partial charge on any atom is -0.497 e. The fraction of sp³-hybridized carbons (Fsp3) is 0.368. The summed E-state index contributed by atoms with van der Waals surface area (Å²) in [7, 11) is 3.23. The highest BCUT2D eigenvalue weighted by molar-refractivity contribution is 5.71. The molecule has 1 aliphatic carbocycles. The van der Waals surface area contributed by atoms with Crippen LogP contribution in [0.15, 0.2) is 35.1 Å². The Morgan fingerprint density at radius 1 is 1.12 bits per heavy atom. The third-order valence-electron chi connectivity index (χ3n) is 4.94. The molecule has 2 heterocycles. The number of ether oxygens (including phenoxy) is 2. The van der Waals surface area contributed by atoms with Gasteiger partial charge in [-0.15, -0.1) is 0 Å². The monoisotopic (exact) mass is 339 g/mol. The molecule has 0 radical (unpaired) electrons. The Balaban J connectivity index is 1.81. The third-order valence-corrected chi connectivity index (χ3v) is 4.94. The number of benzene rings is 1. The van der Waals surface area contributed by atoms with Crippen LogP contribution in [0.3, 0.4) is 0 Å². The summed E-state index contributed by atoms with van der Waals surface area (Å²) < 4.78 is 12.2. The van der Waals surface area contributed by atoms with E-state index in [0.29, 0.717) is 17.3 Å². The van der Waals surface area contributed by atoms with Crippen molar-refractivity contribution in [1.82, 2.24) is 14.6 Å². The molecule has 1 fully saturated rings. The molecule has 6 heteroatoms. The Kier molecular flexibility index (Phi) is 3.95. The summed E-state index contributed by atoms with van der Waals surface area (Å²) in [6.07, 6.45) is 4.67. The summed E-state index contributed by atoms with van der Waals surface area (Å²) >= 11 is 0. The zero-order valence-electron chi connectivity index (χ0n) is 14.4. The van der Waals surface area contributed by atoms with Crippen LogP contribution in [0.4, 0.5) is 0 Å². The first-order chi connectivity index (χ1) is 12.2. The van der Waals surface area contributed by atoms with Crippen LogP contribution in [-0.2, 0) is 0 Å². The lowest BCUT2D eigenvalue weighted by molar-refractivity contribution is 0.395. The molecule has 0 saturated heterocycles. The first-order valence-corrected chi connectivity index (χ1v) is 8.54. The first kappa shape index (κ1) is 15.7. The van der Waals surface area contributed by atoms with Crippen LogP contribution in [0.2, 0.25) is 0 Å². The Morgan fingerprint density at radius 3 is 2.64 bits per heavy atom. The van der Waals surface area contributed by atoms with E-state index < -0.39 is 0 Å². The largest absolute Gasteiger partial charge is 0.497 e. The maximum Gasteiger partial charge on any atom is 0.272 e. The van der Waals surface area contributed by atoms with Crippen molar-refractivity contribution in [3.8, 4) is 22.8 Å². The maximum atomic E-state index is 12.5. The zero-order chi connectivity index (χ0) is 17.4. The number of aromatic nitrogens is 3. The second kappa shape index (κ2) is 6.27. The summed E-state index contributed by atoms with van der Waals surface area (Å²) in [6, 6.07) is 9.15. The molecular formula is C19H21N3O3. The number of fused-ring (bicyclic) bond motifs is 1. The highest BCUT2D eigenvalue weighted by Gasteiger charge is 2.20. The van der Waals surface area contributed by atoms with Gasteiger partial charge in [0, 0.05) is 29.7 Å². The number of methoxy groups -OCH3 is 2. The standard InChI is InChI=1S/C19H21N3O3/c1-24-13-7-8-14(17(9-13)25-2)16-10-18-20-15(12-5-3-4-6-12)11-19(23)22(18)21-16/h7-12,21H,3-6H2,1-2H3. The van der Waals surface area contributed by atoms with Gasteiger partial charge < -0.3 is 9.47 Å². The van der Waals surface area contributed by atoms with Crippen LogP contribution >= 0.6 is 0 Å². The molecule has 0 spiro atoms. The molecule has 3 aromatic rings. The van der Waals surface area contributed by atoms with Crippen LogP contribution in [0.1, 0.15) is 37.3 Å². The molecule has 0 unspecified atom stereocenters. The number of aromatic amines is 1. The van der Waals surface area contributed by atoms with Gasteiger partial charge in [0.15, 0.2) is 5.65 Å². The minimum absolute atomic E-state index is 0.0781. The lowest BCUT2D eigenvalue weighted by Crippen LogP contribution is -2.16. The second-order valence-electron chi connectivity index (χ2n) is 6.43. The Labute approximate surface area is 145 Å². The number of rotatable bonds is 4. The number of hydrogen-bond acceptors (Lipinski definition) is 4. The Morgan fingerprint density at radius 2 is 1.92 bits per heavy atom. The molecular weight excluding hydrogens is 318 g/mol. The molecule has 4 rings (SSSR count). The maximum absolute atomic E-state index is 12.5. The van der Waals surface area contributed by atoms with Crippen molar-refractivity contribution in [2.45, 2.75) is 31.6 Å². The van der Waals surface area contributed by atoms with E-state index in [1.807, 2.05) is 24.3 Å². The highest BCUT2D eigenvalue weighted by Crippen LogP contribution is 2.34. The van der Waals surface area contributed by atoms with E-state index in [4.69, 9.17) is 14.5 Å². The van der Waals surface area contributed by atoms with Gasteiger partial charge in [-0.3, -0.25) is 9.89 Å². The van der Waals surface area contributed by atoms with E-state index in [1.54, 1.807) is 20.3 Å². The van der Waals surface area contributed by atoms with E-state index in [1.165, 1.54) is 17.4 Å². The molecule has 130 valence electrons. The van der Waals surface area contributed by atoms with Crippen LogP contribution in [-0.4, -0.2) is 28.8 Å². The predicted molar refractivity (Wildman–Crippen MR) is 95.6 cm³/mol. The van der Waals surface area contributed by atoms with Gasteiger partial charge in [-0.2, -0.15) is 0 Å². The third kappa shape index (κ3) is 2.77. The zero-order valence-corrected chi connectivity index (χ0v) is 14.4. The van der Waals surface area contributed by atoms with Crippen LogP contribution in [0, 0.1) is 0 Å². The van der Waals surface area contributed by atoms with Crippen molar-refractivity contribution >= 4 is 5.65 Å². The molecule has 0 amide bonds. The lowest BCUT2D eigenvalue weighted by Gasteiger charge is -2.08. The second-order valence-corrected chi connectivity index (χ2v) is 6.43. The molecule has 1 aliphatic rings. The van der Waals surface area contributed by atoms with Gasteiger partial charge in [0.1, 0.15) is 11.5 Å². The average Bonchev–Trinajstić information content (AvgIpc) is 3.30. The van der Waals surface area contributed by atoms with Crippen molar-refractivity contribution in [2.75, 3.05) is 14.2 Å². The minimum atomic E-state index is -0.0781. The van der Waals surface area contributed by atoms with E-state index in [0.717, 1.165) is 35.5 Å². The molecule has 0 atom stereocenters. The van der Waals surface area contributed by atoms with Gasteiger partial charge in [-0.25, -0.2) is 9.50 Å². The summed E-state index contributed by atoms with van der Waals surface area (Å²) in [5.74, 6) is 1.80. The molecule has 2 aromatic heterocycles. The molecule has 0 aliphatic heterocycles. The molecule has 0 bridgehead atoms. The highest BCUT2D eigenvalue weighted by atomic mass is 16.5. The summed E-state index contributed by atoms with van der Waals surface area (Å²) in [5, 5.41) is 3.13. The number of H-pyrrole nitrogens is 1. The lowest BCUT2D eigenvalue weighted by atomic mass is 10.0. The van der Waals surface area contributed by atoms with Crippen LogP contribution in [0.25, 0.3) is 16.9 Å². The van der Waals surface area contributed by atoms with Gasteiger partial charge in [0.05, 0.1) is 25.6 Å². The molecule has 6 nitrogen and oxygen atoms in total. The van der Waals surface area contributed by atoms with Crippen molar-refractivity contribution in [3.63, 3.8) is 0 Å². The van der Waals surface area contributed by atoms with Crippen molar-refractivity contribution in [3.05, 3.63) is 46.4 Å². The normalized spacial score (nSPS) is 15.0. The predicted octanol–water partition coefficient (Wildman–Crippen LogP) is 3.36. The van der Waals surface area contributed by atoms with E-state index >= 15 is 0 Å².